The minimum atomic E-state index is -0.0856. The number of hydrogen-bond acceptors (Lipinski definition) is 5. The van der Waals surface area contributed by atoms with Gasteiger partial charge in [0.05, 0.1) is 17.4 Å². The lowest BCUT2D eigenvalue weighted by Crippen LogP contribution is -2.14. The summed E-state index contributed by atoms with van der Waals surface area (Å²) in [6, 6.07) is 16.1. The van der Waals surface area contributed by atoms with Gasteiger partial charge >= 0.3 is 0 Å². The molecular weight excluding hydrogens is 384 g/mol. The Hall–Kier alpha value is -3.52. The third-order valence-electron chi connectivity index (χ3n) is 4.84. The van der Waals surface area contributed by atoms with Gasteiger partial charge in [-0.05, 0) is 23.8 Å². The van der Waals surface area contributed by atoms with Crippen LogP contribution in [-0.4, -0.2) is 30.6 Å². The number of aryl methyl sites for hydroxylation is 1. The fourth-order valence-electron chi connectivity index (χ4n) is 3.41. The van der Waals surface area contributed by atoms with Gasteiger partial charge in [0.25, 0.3) is 0 Å². The molecule has 0 bridgehead atoms. The quantitative estimate of drug-likeness (QED) is 0.449. The van der Waals surface area contributed by atoms with Gasteiger partial charge in [-0.3, -0.25) is 4.79 Å². The molecule has 0 atom stereocenters. The minimum absolute atomic E-state index is 0.0856. The molecule has 8 heteroatoms. The molecule has 5 rings (SSSR count). The first-order chi connectivity index (χ1) is 14.3. The van der Waals surface area contributed by atoms with Crippen molar-refractivity contribution >= 4 is 44.3 Å². The summed E-state index contributed by atoms with van der Waals surface area (Å²) in [7, 11) is 0. The summed E-state index contributed by atoms with van der Waals surface area (Å²) in [4.78, 5) is 20.0. The van der Waals surface area contributed by atoms with Gasteiger partial charge in [0.15, 0.2) is 0 Å². The number of carbonyl (C=O) groups excluding carboxylic acids is 1. The molecule has 5 aromatic rings. The number of anilines is 1. The first kappa shape index (κ1) is 17.6. The van der Waals surface area contributed by atoms with E-state index in [0.29, 0.717) is 24.5 Å². The highest BCUT2D eigenvalue weighted by Crippen LogP contribution is 2.24. The van der Waals surface area contributed by atoms with E-state index in [1.54, 1.807) is 6.33 Å². The van der Waals surface area contributed by atoms with Gasteiger partial charge in [0.2, 0.25) is 11.0 Å². The number of rotatable bonds is 6. The molecule has 2 N–H and O–H groups in total. The van der Waals surface area contributed by atoms with Crippen molar-refractivity contribution in [1.29, 1.82) is 0 Å². The Morgan fingerprint density at radius 1 is 1.10 bits per heavy atom. The van der Waals surface area contributed by atoms with Gasteiger partial charge < -0.3 is 14.9 Å². The van der Waals surface area contributed by atoms with Gasteiger partial charge in [-0.25, -0.2) is 4.98 Å². The molecule has 3 aromatic heterocycles. The van der Waals surface area contributed by atoms with E-state index < -0.39 is 0 Å². The van der Waals surface area contributed by atoms with Crippen LogP contribution < -0.4 is 5.32 Å². The van der Waals surface area contributed by atoms with E-state index in [1.165, 1.54) is 22.3 Å². The lowest BCUT2D eigenvalue weighted by atomic mass is 10.1. The van der Waals surface area contributed by atoms with Gasteiger partial charge in [-0.1, -0.05) is 41.7 Å². The van der Waals surface area contributed by atoms with Crippen molar-refractivity contribution in [2.24, 2.45) is 0 Å². The number of H-pyrrole nitrogens is 1. The van der Waals surface area contributed by atoms with Crippen molar-refractivity contribution in [1.82, 2.24) is 24.7 Å². The van der Waals surface area contributed by atoms with Crippen LogP contribution in [0.2, 0.25) is 0 Å². The van der Waals surface area contributed by atoms with E-state index in [9.17, 15) is 4.79 Å². The van der Waals surface area contributed by atoms with Crippen LogP contribution in [0.3, 0.4) is 0 Å². The monoisotopic (exact) mass is 402 g/mol. The molecule has 1 amide bonds. The maximum absolute atomic E-state index is 12.3. The topological polar surface area (TPSA) is 88.5 Å². The lowest BCUT2D eigenvalue weighted by molar-refractivity contribution is -0.116. The molecule has 7 nitrogen and oxygen atoms in total. The van der Waals surface area contributed by atoms with Crippen molar-refractivity contribution in [2.45, 2.75) is 19.4 Å². The predicted octanol–water partition coefficient (Wildman–Crippen LogP) is 3.99. The van der Waals surface area contributed by atoms with Crippen molar-refractivity contribution in [2.75, 3.05) is 5.32 Å². The summed E-state index contributed by atoms with van der Waals surface area (Å²) < 4.78 is 1.98. The third-order valence-corrected chi connectivity index (χ3v) is 5.68. The van der Waals surface area contributed by atoms with Gasteiger partial charge in [-0.15, -0.1) is 10.2 Å². The van der Waals surface area contributed by atoms with Crippen LogP contribution >= 0.6 is 11.3 Å². The number of para-hydroxylation sites is 3. The number of fused-ring (bicyclic) bond motifs is 2. The highest BCUT2D eigenvalue weighted by molar-refractivity contribution is 7.15. The number of aromatic amines is 1. The maximum atomic E-state index is 12.3. The van der Waals surface area contributed by atoms with E-state index in [4.69, 9.17) is 0 Å². The Morgan fingerprint density at radius 2 is 1.97 bits per heavy atom. The third kappa shape index (κ3) is 3.62. The summed E-state index contributed by atoms with van der Waals surface area (Å²) in [5, 5.41) is 13.8. The molecule has 2 aromatic carbocycles. The molecule has 0 fully saturated rings. The SMILES string of the molecule is O=C(CCn1cnc2ccccc21)Nc1nnc(Cc2c[nH]c3ccccc23)s1. The molecule has 0 aliphatic rings. The number of benzene rings is 2. The molecule has 3 heterocycles. The summed E-state index contributed by atoms with van der Waals surface area (Å²) in [5.41, 5.74) is 4.23. The maximum Gasteiger partial charge on any atom is 0.227 e. The summed E-state index contributed by atoms with van der Waals surface area (Å²) in [6.45, 7) is 0.563. The van der Waals surface area contributed by atoms with Gasteiger partial charge in [0.1, 0.15) is 5.01 Å². The van der Waals surface area contributed by atoms with Crippen LogP contribution in [0.4, 0.5) is 5.13 Å². The van der Waals surface area contributed by atoms with Gasteiger partial charge in [0, 0.05) is 36.5 Å². The second-order valence-corrected chi connectivity index (χ2v) is 7.82. The number of nitrogens with one attached hydrogen (secondary N) is 2. The minimum Gasteiger partial charge on any atom is -0.361 e. The number of aromatic nitrogens is 5. The van der Waals surface area contributed by atoms with Crippen LogP contribution in [0.5, 0.6) is 0 Å². The molecule has 0 saturated heterocycles. The van der Waals surface area contributed by atoms with E-state index in [0.717, 1.165) is 21.6 Å². The number of hydrogen-bond donors (Lipinski definition) is 2. The molecule has 0 spiro atoms. The molecule has 29 heavy (non-hydrogen) atoms. The average molecular weight is 402 g/mol. The van der Waals surface area contributed by atoms with Crippen LogP contribution in [0.1, 0.15) is 17.0 Å². The Bertz CT molecular complexity index is 1300. The summed E-state index contributed by atoms with van der Waals surface area (Å²) in [5.74, 6) is -0.0856. The predicted molar refractivity (Wildman–Crippen MR) is 114 cm³/mol. The van der Waals surface area contributed by atoms with E-state index in [-0.39, 0.29) is 5.91 Å². The Labute approximate surface area is 170 Å². The first-order valence-corrected chi connectivity index (χ1v) is 10.1. The van der Waals surface area contributed by atoms with Crippen molar-refractivity contribution in [3.8, 4) is 0 Å². The second-order valence-electron chi connectivity index (χ2n) is 6.76. The smallest absolute Gasteiger partial charge is 0.227 e. The fraction of sp³-hybridized carbons (Fsp3) is 0.143. The number of nitrogens with zero attached hydrogens (tertiary/aromatic N) is 4. The lowest BCUT2D eigenvalue weighted by Gasteiger charge is -2.04. The largest absolute Gasteiger partial charge is 0.361 e. The normalized spacial score (nSPS) is 11.3. The molecule has 0 radical (unpaired) electrons. The Kier molecular flexibility index (Phi) is 4.53. The molecule has 144 valence electrons. The summed E-state index contributed by atoms with van der Waals surface area (Å²) in [6.07, 6.45) is 4.79. The zero-order valence-electron chi connectivity index (χ0n) is 15.5. The zero-order valence-corrected chi connectivity index (χ0v) is 16.3. The van der Waals surface area contributed by atoms with Crippen LogP contribution in [-0.2, 0) is 17.8 Å². The molecular formula is C21H18N6OS. The standard InChI is InChI=1S/C21H18N6OS/c28-19(9-10-27-13-23-17-7-3-4-8-18(17)27)24-21-26-25-20(29-21)11-14-12-22-16-6-2-1-5-15(14)16/h1-8,12-13,22H,9-11H2,(H,24,26,28). The van der Waals surface area contributed by atoms with E-state index >= 15 is 0 Å². The Balaban J connectivity index is 1.21. The molecule has 0 saturated carbocycles. The van der Waals surface area contributed by atoms with Crippen molar-refractivity contribution < 1.29 is 4.79 Å². The van der Waals surface area contributed by atoms with Crippen LogP contribution in [0, 0.1) is 0 Å². The number of carbonyl (C=O) groups is 1. The number of amides is 1. The average Bonchev–Trinajstić information content (AvgIpc) is 3.46. The highest BCUT2D eigenvalue weighted by atomic mass is 32.1. The highest BCUT2D eigenvalue weighted by Gasteiger charge is 2.11. The van der Waals surface area contributed by atoms with E-state index in [2.05, 4.69) is 31.5 Å². The van der Waals surface area contributed by atoms with Gasteiger partial charge in [-0.2, -0.15) is 0 Å². The number of imidazole rings is 1. The zero-order chi connectivity index (χ0) is 19.6. The van der Waals surface area contributed by atoms with Crippen LogP contribution in [0.25, 0.3) is 21.9 Å². The molecule has 0 aliphatic heterocycles. The summed E-state index contributed by atoms with van der Waals surface area (Å²) >= 11 is 1.41. The Morgan fingerprint density at radius 3 is 2.93 bits per heavy atom. The van der Waals surface area contributed by atoms with Crippen molar-refractivity contribution in [3.63, 3.8) is 0 Å². The first-order valence-electron chi connectivity index (χ1n) is 9.33. The molecule has 0 aliphatic carbocycles. The van der Waals surface area contributed by atoms with Crippen molar-refractivity contribution in [3.05, 3.63) is 71.6 Å². The second kappa shape index (κ2) is 7.48. The van der Waals surface area contributed by atoms with Crippen LogP contribution in [0.15, 0.2) is 61.1 Å². The van der Waals surface area contributed by atoms with E-state index in [1.807, 2.05) is 53.2 Å². The fourth-order valence-corrected chi connectivity index (χ4v) is 4.19. The molecule has 0 unspecified atom stereocenters.